The summed E-state index contributed by atoms with van der Waals surface area (Å²) in [6, 6.07) is 19.1. The third kappa shape index (κ3) is 3.41. The summed E-state index contributed by atoms with van der Waals surface area (Å²) in [6.07, 6.45) is 1.39. The predicted molar refractivity (Wildman–Crippen MR) is 91.9 cm³/mol. The van der Waals surface area contributed by atoms with Crippen LogP contribution in [-0.2, 0) is 11.8 Å². The van der Waals surface area contributed by atoms with Gasteiger partial charge in [0.15, 0.2) is 0 Å². The summed E-state index contributed by atoms with van der Waals surface area (Å²) in [5, 5.41) is 10.1. The average molecular weight is 334 g/mol. The van der Waals surface area contributed by atoms with Gasteiger partial charge in [0.05, 0.1) is 18.0 Å². The molecule has 0 aliphatic rings. The summed E-state index contributed by atoms with van der Waals surface area (Å²) < 4.78 is 27.4. The first kappa shape index (κ1) is 16.8. The van der Waals surface area contributed by atoms with Gasteiger partial charge in [-0.1, -0.05) is 36.4 Å². The first-order valence-corrected chi connectivity index (χ1v) is 7.88. The smallest absolute Gasteiger partial charge is 0.141 e. The monoisotopic (exact) mass is 334 g/mol. The summed E-state index contributed by atoms with van der Waals surface area (Å²) in [4.78, 5) is 4.13. The summed E-state index contributed by atoms with van der Waals surface area (Å²) in [6.45, 7) is 1.77. The lowest BCUT2D eigenvalue weighted by Gasteiger charge is -2.27. The number of hydrogen-bond donors (Lipinski definition) is 0. The van der Waals surface area contributed by atoms with Crippen LogP contribution in [0.15, 0.2) is 66.9 Å². The molecule has 0 radical (unpaired) electrons. The molecular formula is C21H16F2N2. The van der Waals surface area contributed by atoms with Crippen molar-refractivity contribution in [2.24, 2.45) is 0 Å². The topological polar surface area (TPSA) is 36.7 Å². The van der Waals surface area contributed by atoms with E-state index in [0.29, 0.717) is 23.2 Å². The minimum Gasteiger partial charge on any atom is -0.256 e. The van der Waals surface area contributed by atoms with Crippen molar-refractivity contribution in [2.45, 2.75) is 18.8 Å². The molecule has 0 saturated heterocycles. The van der Waals surface area contributed by atoms with E-state index in [4.69, 9.17) is 0 Å². The third-order valence-corrected chi connectivity index (χ3v) is 4.20. The average Bonchev–Trinajstić information content (AvgIpc) is 2.60. The highest BCUT2D eigenvalue weighted by atomic mass is 19.1. The van der Waals surface area contributed by atoms with Crippen molar-refractivity contribution in [1.82, 2.24) is 4.98 Å². The second-order valence-corrected chi connectivity index (χ2v) is 6.06. The minimum atomic E-state index is -1.21. The Kier molecular flexibility index (Phi) is 4.58. The minimum absolute atomic E-state index is 0.311. The van der Waals surface area contributed by atoms with Gasteiger partial charge in [-0.3, -0.25) is 4.98 Å². The summed E-state index contributed by atoms with van der Waals surface area (Å²) in [5.41, 5.74) is 1.32. The van der Waals surface area contributed by atoms with Crippen molar-refractivity contribution >= 4 is 0 Å². The lowest BCUT2D eigenvalue weighted by atomic mass is 9.73. The highest BCUT2D eigenvalue weighted by Gasteiger charge is 2.37. The molecule has 0 fully saturated rings. The van der Waals surface area contributed by atoms with Crippen LogP contribution in [0.1, 0.15) is 22.4 Å². The third-order valence-electron chi connectivity index (χ3n) is 4.20. The molecule has 1 heterocycles. The van der Waals surface area contributed by atoms with Gasteiger partial charge in [-0.15, -0.1) is 0 Å². The van der Waals surface area contributed by atoms with E-state index in [9.17, 15) is 14.0 Å². The largest absolute Gasteiger partial charge is 0.256 e. The zero-order valence-corrected chi connectivity index (χ0v) is 13.7. The Labute approximate surface area is 145 Å². The molecule has 3 aromatic rings. The number of halogens is 2. The van der Waals surface area contributed by atoms with Gasteiger partial charge < -0.3 is 0 Å². The van der Waals surface area contributed by atoms with E-state index in [-0.39, 0.29) is 0 Å². The normalized spacial score (nSPS) is 13.0. The molecule has 1 unspecified atom stereocenters. The highest BCUT2D eigenvalue weighted by molar-refractivity contribution is 5.46. The quantitative estimate of drug-likeness (QED) is 0.692. The van der Waals surface area contributed by atoms with Crippen LogP contribution in [-0.4, -0.2) is 4.98 Å². The van der Waals surface area contributed by atoms with Crippen LogP contribution in [0.4, 0.5) is 8.78 Å². The molecule has 2 aromatic carbocycles. The summed E-state index contributed by atoms with van der Waals surface area (Å²) >= 11 is 0. The number of aromatic nitrogens is 1. The maximum Gasteiger partial charge on any atom is 0.141 e. The maximum absolute atomic E-state index is 14.0. The Morgan fingerprint density at radius 2 is 1.76 bits per heavy atom. The van der Waals surface area contributed by atoms with Crippen molar-refractivity contribution in [3.05, 3.63) is 101 Å². The van der Waals surface area contributed by atoms with Crippen LogP contribution >= 0.6 is 0 Å². The summed E-state index contributed by atoms with van der Waals surface area (Å²) in [7, 11) is 0. The second-order valence-electron chi connectivity index (χ2n) is 6.06. The van der Waals surface area contributed by atoms with E-state index in [1.165, 1.54) is 24.3 Å². The van der Waals surface area contributed by atoms with E-state index < -0.39 is 17.0 Å². The SMILES string of the molecule is Cc1cc(F)cc(C(C#N)(Cc2ccccc2)c2ccc(F)cn2)c1. The molecular weight excluding hydrogens is 318 g/mol. The number of hydrogen-bond acceptors (Lipinski definition) is 2. The van der Waals surface area contributed by atoms with Gasteiger partial charge in [0.2, 0.25) is 0 Å². The first-order valence-electron chi connectivity index (χ1n) is 7.88. The zero-order valence-electron chi connectivity index (χ0n) is 13.7. The molecule has 0 saturated carbocycles. The zero-order chi connectivity index (χ0) is 17.9. The van der Waals surface area contributed by atoms with Crippen LogP contribution in [0.25, 0.3) is 0 Å². The fourth-order valence-electron chi connectivity index (χ4n) is 3.01. The van der Waals surface area contributed by atoms with E-state index in [1.807, 2.05) is 30.3 Å². The van der Waals surface area contributed by atoms with Gasteiger partial charge in [-0.2, -0.15) is 5.26 Å². The van der Waals surface area contributed by atoms with Gasteiger partial charge in [-0.25, -0.2) is 8.78 Å². The fraction of sp³-hybridized carbons (Fsp3) is 0.143. The van der Waals surface area contributed by atoms with Crippen LogP contribution in [0.5, 0.6) is 0 Å². The Bertz CT molecular complexity index is 895. The Morgan fingerprint density at radius 1 is 1.00 bits per heavy atom. The van der Waals surface area contributed by atoms with E-state index in [1.54, 1.807) is 13.0 Å². The van der Waals surface area contributed by atoms with Crippen LogP contribution in [0, 0.1) is 29.9 Å². The molecule has 0 amide bonds. The van der Waals surface area contributed by atoms with Gasteiger partial charge in [0.25, 0.3) is 0 Å². The number of aryl methyl sites for hydroxylation is 1. The van der Waals surface area contributed by atoms with Gasteiger partial charge in [-0.05, 0) is 47.9 Å². The van der Waals surface area contributed by atoms with Crippen molar-refractivity contribution in [2.75, 3.05) is 0 Å². The van der Waals surface area contributed by atoms with Crippen molar-refractivity contribution in [3.8, 4) is 6.07 Å². The van der Waals surface area contributed by atoms with E-state index in [2.05, 4.69) is 11.1 Å². The van der Waals surface area contributed by atoms with Gasteiger partial charge in [0, 0.05) is 6.42 Å². The molecule has 124 valence electrons. The Balaban J connectivity index is 2.22. The second kappa shape index (κ2) is 6.82. The standard InChI is InChI=1S/C21H16F2N2/c1-15-9-17(11-19(23)10-15)21(14-24,12-16-5-3-2-4-6-16)20-8-7-18(22)13-25-20/h2-11,13H,12H2,1H3. The molecule has 0 aliphatic heterocycles. The van der Waals surface area contributed by atoms with Crippen molar-refractivity contribution in [3.63, 3.8) is 0 Å². The highest BCUT2D eigenvalue weighted by Crippen LogP contribution is 2.35. The number of pyridine rings is 1. The molecule has 0 spiro atoms. The van der Waals surface area contributed by atoms with Crippen molar-refractivity contribution < 1.29 is 8.78 Å². The van der Waals surface area contributed by atoms with E-state index in [0.717, 1.165) is 11.8 Å². The van der Waals surface area contributed by atoms with Crippen LogP contribution in [0.2, 0.25) is 0 Å². The van der Waals surface area contributed by atoms with Crippen LogP contribution < -0.4 is 0 Å². The van der Waals surface area contributed by atoms with Crippen molar-refractivity contribution in [1.29, 1.82) is 5.26 Å². The summed E-state index contributed by atoms with van der Waals surface area (Å²) in [5.74, 6) is -0.893. The Hall–Kier alpha value is -3.06. The molecule has 1 aromatic heterocycles. The number of nitriles is 1. The number of nitrogens with zero attached hydrogens (tertiary/aromatic N) is 2. The molecule has 0 aliphatic carbocycles. The molecule has 3 rings (SSSR count). The number of benzene rings is 2. The fourth-order valence-corrected chi connectivity index (χ4v) is 3.01. The maximum atomic E-state index is 14.0. The first-order chi connectivity index (χ1) is 12.0. The van der Waals surface area contributed by atoms with Gasteiger partial charge in [0.1, 0.15) is 17.0 Å². The molecule has 25 heavy (non-hydrogen) atoms. The van der Waals surface area contributed by atoms with E-state index >= 15 is 0 Å². The molecule has 1 atom stereocenters. The molecule has 2 nitrogen and oxygen atoms in total. The predicted octanol–water partition coefficient (Wildman–Crippen LogP) is 4.72. The lowest BCUT2D eigenvalue weighted by Crippen LogP contribution is -2.30. The number of rotatable bonds is 4. The molecule has 0 N–H and O–H groups in total. The molecule has 0 bridgehead atoms. The van der Waals surface area contributed by atoms with Crippen LogP contribution in [0.3, 0.4) is 0 Å². The molecule has 4 heteroatoms. The Morgan fingerprint density at radius 3 is 2.36 bits per heavy atom. The lowest BCUT2D eigenvalue weighted by molar-refractivity contribution is 0.585. The van der Waals surface area contributed by atoms with Gasteiger partial charge >= 0.3 is 0 Å².